The van der Waals surface area contributed by atoms with Crippen molar-refractivity contribution in [2.24, 2.45) is 0 Å². The summed E-state index contributed by atoms with van der Waals surface area (Å²) >= 11 is 0. The molecular formula is C22H20F3N5O3. The summed E-state index contributed by atoms with van der Waals surface area (Å²) in [5, 5.41) is 5.91. The van der Waals surface area contributed by atoms with Gasteiger partial charge in [0.05, 0.1) is 30.0 Å². The van der Waals surface area contributed by atoms with Gasteiger partial charge in [-0.15, -0.1) is 0 Å². The molecule has 0 radical (unpaired) electrons. The van der Waals surface area contributed by atoms with Crippen LogP contribution in [0.1, 0.15) is 27.8 Å². The number of ether oxygens (including phenoxy) is 1. The van der Waals surface area contributed by atoms with Crippen molar-refractivity contribution in [1.82, 2.24) is 25.2 Å². The van der Waals surface area contributed by atoms with Crippen molar-refractivity contribution in [3.63, 3.8) is 0 Å². The molecule has 3 aromatic rings. The summed E-state index contributed by atoms with van der Waals surface area (Å²) in [4.78, 5) is 34.4. The molecule has 2 aromatic heterocycles. The van der Waals surface area contributed by atoms with Crippen molar-refractivity contribution in [1.29, 1.82) is 0 Å². The van der Waals surface area contributed by atoms with Gasteiger partial charge in [-0.25, -0.2) is 4.98 Å². The average Bonchev–Trinajstić information content (AvgIpc) is 3.01. The minimum absolute atomic E-state index is 0.0612. The van der Waals surface area contributed by atoms with Gasteiger partial charge in [-0.05, 0) is 30.3 Å². The summed E-state index contributed by atoms with van der Waals surface area (Å²) in [6, 6.07) is 6.81. The number of hydrogen-bond donors (Lipinski definition) is 2. The predicted octanol–water partition coefficient (Wildman–Crippen LogP) is 2.41. The Balaban J connectivity index is 1.69. The van der Waals surface area contributed by atoms with Gasteiger partial charge in [-0.3, -0.25) is 19.1 Å². The van der Waals surface area contributed by atoms with E-state index in [2.05, 4.69) is 20.6 Å². The van der Waals surface area contributed by atoms with Gasteiger partial charge < -0.3 is 15.4 Å². The zero-order valence-corrected chi connectivity index (χ0v) is 17.5. The van der Waals surface area contributed by atoms with Gasteiger partial charge in [0.25, 0.3) is 11.5 Å². The van der Waals surface area contributed by atoms with E-state index in [1.165, 1.54) is 17.7 Å². The topological polar surface area (TPSA) is 98.1 Å². The van der Waals surface area contributed by atoms with Crippen LogP contribution in [-0.2, 0) is 12.7 Å². The van der Waals surface area contributed by atoms with Gasteiger partial charge in [0, 0.05) is 43.7 Å². The lowest BCUT2D eigenvalue weighted by atomic mass is 10.1. The highest BCUT2D eigenvalue weighted by molar-refractivity contribution is 5.97. The van der Waals surface area contributed by atoms with Gasteiger partial charge in [0.15, 0.2) is 0 Å². The molecule has 1 aliphatic heterocycles. The molecule has 2 N–H and O–H groups in total. The molecule has 4 rings (SSSR count). The number of alkyl halides is 3. The van der Waals surface area contributed by atoms with Crippen molar-refractivity contribution in [3.8, 4) is 17.0 Å². The van der Waals surface area contributed by atoms with Crippen LogP contribution in [0.2, 0.25) is 0 Å². The van der Waals surface area contributed by atoms with Crippen molar-refractivity contribution < 1.29 is 22.7 Å². The molecule has 172 valence electrons. The third-order valence-corrected chi connectivity index (χ3v) is 5.26. The lowest BCUT2D eigenvalue weighted by Crippen LogP contribution is -2.37. The standard InChI is InChI=1S/C22H20F3N5O3/c1-33-18-10-14(22(23,24)25)2-3-15(18)21(32)29-17-12-27-8-9-30-19(31)11-16(28-20(17)30)13-4-6-26-7-5-13/h2-7,10-11,17,27H,8-9,12H2,1H3,(H,29,32). The van der Waals surface area contributed by atoms with Crippen LogP contribution < -0.4 is 20.9 Å². The molecule has 1 atom stereocenters. The van der Waals surface area contributed by atoms with Crippen molar-refractivity contribution in [2.75, 3.05) is 20.2 Å². The Hall–Kier alpha value is -3.73. The van der Waals surface area contributed by atoms with E-state index in [0.717, 1.165) is 18.2 Å². The van der Waals surface area contributed by atoms with E-state index in [1.807, 2.05) is 0 Å². The van der Waals surface area contributed by atoms with Gasteiger partial charge in [-0.1, -0.05) is 0 Å². The minimum atomic E-state index is -4.57. The van der Waals surface area contributed by atoms with E-state index >= 15 is 0 Å². The van der Waals surface area contributed by atoms with Crippen LogP contribution >= 0.6 is 0 Å². The molecule has 0 saturated carbocycles. The molecule has 0 fully saturated rings. The molecule has 1 aromatic carbocycles. The summed E-state index contributed by atoms with van der Waals surface area (Å²) < 4.78 is 45.6. The highest BCUT2D eigenvalue weighted by Crippen LogP contribution is 2.33. The molecule has 11 heteroatoms. The maximum atomic E-state index is 13.0. The van der Waals surface area contributed by atoms with Gasteiger partial charge in [0.1, 0.15) is 11.6 Å². The van der Waals surface area contributed by atoms with Crippen LogP contribution in [0.3, 0.4) is 0 Å². The third-order valence-electron chi connectivity index (χ3n) is 5.26. The van der Waals surface area contributed by atoms with E-state index in [4.69, 9.17) is 4.74 Å². The van der Waals surface area contributed by atoms with Crippen LogP contribution in [0.25, 0.3) is 11.3 Å². The first-order valence-electron chi connectivity index (χ1n) is 10.1. The molecule has 1 aliphatic rings. The largest absolute Gasteiger partial charge is 0.496 e. The maximum Gasteiger partial charge on any atom is 0.416 e. The Bertz CT molecular complexity index is 1230. The fraction of sp³-hybridized carbons (Fsp3) is 0.273. The number of hydrogen-bond acceptors (Lipinski definition) is 6. The number of benzene rings is 1. The number of pyridine rings is 1. The quantitative estimate of drug-likeness (QED) is 0.622. The van der Waals surface area contributed by atoms with E-state index in [0.29, 0.717) is 30.2 Å². The van der Waals surface area contributed by atoms with Gasteiger partial charge in [0.2, 0.25) is 0 Å². The van der Waals surface area contributed by atoms with Crippen molar-refractivity contribution in [2.45, 2.75) is 18.8 Å². The molecule has 0 spiro atoms. The van der Waals surface area contributed by atoms with Crippen LogP contribution in [0.4, 0.5) is 13.2 Å². The number of carbonyl (C=O) groups excluding carboxylic acids is 1. The monoisotopic (exact) mass is 459 g/mol. The van der Waals surface area contributed by atoms with Crippen LogP contribution in [0.15, 0.2) is 53.6 Å². The second kappa shape index (κ2) is 9.02. The Labute approximate surface area is 186 Å². The Morgan fingerprint density at radius 2 is 1.97 bits per heavy atom. The zero-order valence-electron chi connectivity index (χ0n) is 17.5. The summed E-state index contributed by atoms with van der Waals surface area (Å²) in [5.74, 6) is -0.511. The molecule has 0 bridgehead atoms. The molecule has 1 amide bonds. The second-order valence-electron chi connectivity index (χ2n) is 7.37. The number of methoxy groups -OCH3 is 1. The van der Waals surface area contributed by atoms with Gasteiger partial charge >= 0.3 is 6.18 Å². The minimum Gasteiger partial charge on any atom is -0.496 e. The number of fused-ring (bicyclic) bond motifs is 1. The van der Waals surface area contributed by atoms with Crippen LogP contribution in [-0.4, -0.2) is 40.6 Å². The number of halogens is 3. The van der Waals surface area contributed by atoms with E-state index in [9.17, 15) is 22.8 Å². The van der Waals surface area contributed by atoms with Crippen LogP contribution in [0, 0.1) is 0 Å². The number of nitrogens with zero attached hydrogens (tertiary/aromatic N) is 3. The fourth-order valence-electron chi connectivity index (χ4n) is 3.62. The highest BCUT2D eigenvalue weighted by Gasteiger charge is 2.32. The highest BCUT2D eigenvalue weighted by atomic mass is 19.4. The number of nitrogens with one attached hydrogen (secondary N) is 2. The summed E-state index contributed by atoms with van der Waals surface area (Å²) in [6.45, 7) is 1.12. The van der Waals surface area contributed by atoms with Crippen molar-refractivity contribution >= 4 is 5.91 Å². The first kappa shape index (κ1) is 22.5. The summed E-state index contributed by atoms with van der Waals surface area (Å²) in [5.41, 5.74) is -0.137. The molecular weight excluding hydrogens is 439 g/mol. The first-order valence-corrected chi connectivity index (χ1v) is 10.1. The maximum absolute atomic E-state index is 13.0. The number of rotatable bonds is 4. The lowest BCUT2D eigenvalue weighted by Gasteiger charge is -2.20. The summed E-state index contributed by atoms with van der Waals surface area (Å²) in [7, 11) is 1.19. The third kappa shape index (κ3) is 4.72. The lowest BCUT2D eigenvalue weighted by molar-refractivity contribution is -0.137. The SMILES string of the molecule is COc1cc(C(F)(F)F)ccc1C(=O)NC1CNCCn2c1nc(-c1ccncc1)cc2=O. The number of amides is 1. The molecule has 33 heavy (non-hydrogen) atoms. The Kier molecular flexibility index (Phi) is 6.14. The number of carbonyl (C=O) groups is 1. The van der Waals surface area contributed by atoms with E-state index in [1.54, 1.807) is 24.5 Å². The molecule has 1 unspecified atom stereocenters. The normalized spacial score (nSPS) is 15.9. The van der Waals surface area contributed by atoms with E-state index in [-0.39, 0.29) is 23.4 Å². The molecule has 0 saturated heterocycles. The fourth-order valence-corrected chi connectivity index (χ4v) is 3.62. The second-order valence-corrected chi connectivity index (χ2v) is 7.37. The smallest absolute Gasteiger partial charge is 0.416 e. The average molecular weight is 459 g/mol. The van der Waals surface area contributed by atoms with Crippen LogP contribution in [0.5, 0.6) is 5.75 Å². The molecule has 3 heterocycles. The van der Waals surface area contributed by atoms with Gasteiger partial charge in [-0.2, -0.15) is 13.2 Å². The Morgan fingerprint density at radius 3 is 2.67 bits per heavy atom. The zero-order chi connectivity index (χ0) is 23.6. The van der Waals surface area contributed by atoms with E-state index < -0.39 is 23.7 Å². The Morgan fingerprint density at radius 1 is 1.21 bits per heavy atom. The van der Waals surface area contributed by atoms with Crippen molar-refractivity contribution in [3.05, 3.63) is 76.1 Å². The number of aromatic nitrogens is 3. The molecule has 0 aliphatic carbocycles. The molecule has 8 nitrogen and oxygen atoms in total. The predicted molar refractivity (Wildman–Crippen MR) is 113 cm³/mol. The summed E-state index contributed by atoms with van der Waals surface area (Å²) in [6.07, 6.45) is -1.41. The first-order chi connectivity index (χ1) is 15.8.